The number of hydrogen-bond donors (Lipinski definition) is 1. The van der Waals surface area contributed by atoms with Crippen molar-refractivity contribution in [2.75, 3.05) is 11.9 Å². The lowest BCUT2D eigenvalue weighted by atomic mass is 10.2. The maximum absolute atomic E-state index is 13.0. The Morgan fingerprint density at radius 1 is 1.24 bits per heavy atom. The molecule has 3 aromatic rings. The standard InChI is InChI=1S/C20H22ClN5O3/c1-5-29-20(28)16-11-22-26(15-9-7-6-8-10-15)18(16)23-19(27)14(4)25-13(3)17(21)12(2)24-25/h6-11,14H,5H2,1-4H3,(H,23,27). The van der Waals surface area contributed by atoms with Crippen molar-refractivity contribution in [1.29, 1.82) is 0 Å². The number of anilines is 1. The molecule has 0 spiro atoms. The Balaban J connectivity index is 1.97. The molecule has 0 aliphatic carbocycles. The van der Waals surface area contributed by atoms with Crippen LogP contribution in [0.4, 0.5) is 5.82 Å². The highest BCUT2D eigenvalue weighted by molar-refractivity contribution is 6.31. The van der Waals surface area contributed by atoms with Crippen LogP contribution in [0.15, 0.2) is 36.5 Å². The molecular formula is C20H22ClN5O3. The van der Waals surface area contributed by atoms with E-state index in [9.17, 15) is 9.59 Å². The van der Waals surface area contributed by atoms with Gasteiger partial charge in [-0.05, 0) is 39.8 Å². The Bertz CT molecular complexity index is 1040. The first-order valence-corrected chi connectivity index (χ1v) is 9.55. The Morgan fingerprint density at radius 3 is 2.52 bits per heavy atom. The summed E-state index contributed by atoms with van der Waals surface area (Å²) in [5.74, 6) is -0.693. The van der Waals surface area contributed by atoms with E-state index in [-0.39, 0.29) is 23.9 Å². The molecule has 1 unspecified atom stereocenters. The van der Waals surface area contributed by atoms with Crippen LogP contribution in [0.25, 0.3) is 5.69 Å². The Hall–Kier alpha value is -3.13. The number of hydrogen-bond acceptors (Lipinski definition) is 5. The fourth-order valence-corrected chi connectivity index (χ4v) is 3.07. The van der Waals surface area contributed by atoms with E-state index in [1.165, 1.54) is 10.9 Å². The maximum Gasteiger partial charge on any atom is 0.343 e. The smallest absolute Gasteiger partial charge is 0.343 e. The first-order valence-electron chi connectivity index (χ1n) is 9.17. The highest BCUT2D eigenvalue weighted by Crippen LogP contribution is 2.25. The number of nitrogens with zero attached hydrogens (tertiary/aromatic N) is 4. The molecule has 2 heterocycles. The molecule has 9 heteroatoms. The van der Waals surface area contributed by atoms with Gasteiger partial charge < -0.3 is 10.1 Å². The molecule has 1 aromatic carbocycles. The zero-order chi connectivity index (χ0) is 21.1. The van der Waals surface area contributed by atoms with E-state index in [0.717, 1.165) is 0 Å². The van der Waals surface area contributed by atoms with Crippen molar-refractivity contribution in [1.82, 2.24) is 19.6 Å². The molecule has 2 aromatic heterocycles. The average Bonchev–Trinajstić information content (AvgIpc) is 3.24. The number of ether oxygens (including phenoxy) is 1. The summed E-state index contributed by atoms with van der Waals surface area (Å²) in [6, 6.07) is 8.53. The summed E-state index contributed by atoms with van der Waals surface area (Å²) < 4.78 is 8.15. The van der Waals surface area contributed by atoms with Crippen molar-refractivity contribution in [3.05, 3.63) is 58.5 Å². The molecule has 3 rings (SSSR count). The van der Waals surface area contributed by atoms with Crippen molar-refractivity contribution >= 4 is 29.3 Å². The number of amides is 1. The van der Waals surface area contributed by atoms with E-state index in [1.807, 2.05) is 30.3 Å². The third-order valence-electron chi connectivity index (χ3n) is 4.49. The number of aromatic nitrogens is 4. The van der Waals surface area contributed by atoms with Crippen LogP contribution < -0.4 is 5.32 Å². The van der Waals surface area contributed by atoms with Gasteiger partial charge in [0.2, 0.25) is 5.91 Å². The van der Waals surface area contributed by atoms with E-state index in [2.05, 4.69) is 15.5 Å². The van der Waals surface area contributed by atoms with Gasteiger partial charge in [-0.15, -0.1) is 0 Å². The topological polar surface area (TPSA) is 91.0 Å². The second kappa shape index (κ2) is 8.48. The van der Waals surface area contributed by atoms with Crippen LogP contribution in [0.3, 0.4) is 0 Å². The van der Waals surface area contributed by atoms with Gasteiger partial charge in [-0.3, -0.25) is 9.48 Å². The minimum atomic E-state index is -0.657. The van der Waals surface area contributed by atoms with Gasteiger partial charge in [0.05, 0.1) is 34.9 Å². The van der Waals surface area contributed by atoms with Gasteiger partial charge in [-0.2, -0.15) is 10.2 Å². The zero-order valence-electron chi connectivity index (χ0n) is 16.6. The predicted octanol–water partition coefficient (Wildman–Crippen LogP) is 3.72. The van der Waals surface area contributed by atoms with Gasteiger partial charge in [0, 0.05) is 0 Å². The largest absolute Gasteiger partial charge is 0.462 e. The molecule has 1 amide bonds. The van der Waals surface area contributed by atoms with Crippen molar-refractivity contribution in [2.45, 2.75) is 33.7 Å². The normalized spacial score (nSPS) is 11.9. The van der Waals surface area contributed by atoms with E-state index in [1.54, 1.807) is 32.4 Å². The number of carbonyl (C=O) groups excluding carboxylic acids is 2. The molecular weight excluding hydrogens is 394 g/mol. The first kappa shape index (κ1) is 20.6. The summed E-state index contributed by atoms with van der Waals surface area (Å²) in [6.45, 7) is 7.21. The van der Waals surface area contributed by atoms with E-state index >= 15 is 0 Å². The Kier molecular flexibility index (Phi) is 6.03. The molecule has 0 radical (unpaired) electrons. The van der Waals surface area contributed by atoms with Gasteiger partial charge in [0.25, 0.3) is 0 Å². The highest BCUT2D eigenvalue weighted by atomic mass is 35.5. The molecule has 29 heavy (non-hydrogen) atoms. The predicted molar refractivity (Wildman–Crippen MR) is 110 cm³/mol. The molecule has 0 saturated heterocycles. The number of aryl methyl sites for hydroxylation is 1. The number of carbonyl (C=O) groups is 2. The fourth-order valence-electron chi connectivity index (χ4n) is 2.94. The van der Waals surface area contributed by atoms with Crippen molar-refractivity contribution in [3.8, 4) is 5.69 Å². The van der Waals surface area contributed by atoms with E-state index in [0.29, 0.717) is 22.1 Å². The third-order valence-corrected chi connectivity index (χ3v) is 5.04. The molecule has 0 saturated carbocycles. The summed E-state index contributed by atoms with van der Waals surface area (Å²) in [4.78, 5) is 25.4. The number of esters is 1. The van der Waals surface area contributed by atoms with Gasteiger partial charge in [-0.1, -0.05) is 29.8 Å². The molecule has 0 aliphatic rings. The van der Waals surface area contributed by atoms with Crippen LogP contribution in [-0.2, 0) is 9.53 Å². The van der Waals surface area contributed by atoms with Crippen molar-refractivity contribution < 1.29 is 14.3 Å². The second-order valence-corrected chi connectivity index (χ2v) is 6.85. The quantitative estimate of drug-likeness (QED) is 0.619. The summed E-state index contributed by atoms with van der Waals surface area (Å²) in [7, 11) is 0. The molecule has 8 nitrogen and oxygen atoms in total. The lowest BCUT2D eigenvalue weighted by Crippen LogP contribution is -2.27. The minimum absolute atomic E-state index is 0.169. The van der Waals surface area contributed by atoms with E-state index < -0.39 is 12.0 Å². The molecule has 1 N–H and O–H groups in total. The monoisotopic (exact) mass is 415 g/mol. The van der Waals surface area contributed by atoms with Crippen LogP contribution in [0.2, 0.25) is 5.02 Å². The van der Waals surface area contributed by atoms with Crippen LogP contribution in [-0.4, -0.2) is 38.0 Å². The van der Waals surface area contributed by atoms with Crippen molar-refractivity contribution in [3.63, 3.8) is 0 Å². The summed E-state index contributed by atoms with van der Waals surface area (Å²) in [5.41, 5.74) is 2.20. The highest BCUT2D eigenvalue weighted by Gasteiger charge is 2.26. The molecule has 0 fully saturated rings. The van der Waals surface area contributed by atoms with Crippen LogP contribution in [0.1, 0.15) is 41.6 Å². The Labute approximate surface area is 173 Å². The summed E-state index contributed by atoms with van der Waals surface area (Å²) >= 11 is 6.21. The van der Waals surface area contributed by atoms with Crippen LogP contribution in [0, 0.1) is 13.8 Å². The maximum atomic E-state index is 13.0. The van der Waals surface area contributed by atoms with Crippen molar-refractivity contribution in [2.24, 2.45) is 0 Å². The van der Waals surface area contributed by atoms with Gasteiger partial charge >= 0.3 is 5.97 Å². The second-order valence-electron chi connectivity index (χ2n) is 6.47. The van der Waals surface area contributed by atoms with Gasteiger partial charge in [0.15, 0.2) is 5.82 Å². The van der Waals surface area contributed by atoms with Crippen LogP contribution >= 0.6 is 11.6 Å². The average molecular weight is 416 g/mol. The lowest BCUT2D eigenvalue weighted by molar-refractivity contribution is -0.119. The first-order chi connectivity index (χ1) is 13.8. The summed E-state index contributed by atoms with van der Waals surface area (Å²) in [6.07, 6.45) is 1.38. The van der Waals surface area contributed by atoms with Crippen LogP contribution in [0.5, 0.6) is 0 Å². The Morgan fingerprint density at radius 2 is 1.93 bits per heavy atom. The fraction of sp³-hybridized carbons (Fsp3) is 0.300. The molecule has 152 valence electrons. The van der Waals surface area contributed by atoms with Gasteiger partial charge in [-0.25, -0.2) is 9.48 Å². The SMILES string of the molecule is CCOC(=O)c1cnn(-c2ccccc2)c1NC(=O)C(C)n1nc(C)c(Cl)c1C. The number of nitrogens with one attached hydrogen (secondary N) is 1. The number of benzene rings is 1. The summed E-state index contributed by atoms with van der Waals surface area (Å²) in [5, 5.41) is 11.9. The molecule has 0 bridgehead atoms. The minimum Gasteiger partial charge on any atom is -0.462 e. The number of para-hydroxylation sites is 1. The van der Waals surface area contributed by atoms with Gasteiger partial charge in [0.1, 0.15) is 11.6 Å². The molecule has 0 aliphatic heterocycles. The molecule has 1 atom stereocenters. The number of halogens is 1. The zero-order valence-corrected chi connectivity index (χ0v) is 17.4. The third kappa shape index (κ3) is 4.02. The lowest BCUT2D eigenvalue weighted by Gasteiger charge is -2.16. The number of rotatable bonds is 6. The van der Waals surface area contributed by atoms with E-state index in [4.69, 9.17) is 16.3 Å².